The Balaban J connectivity index is 2.70. The van der Waals surface area contributed by atoms with Crippen molar-refractivity contribution in [3.63, 3.8) is 0 Å². The smallest absolute Gasteiger partial charge is 0.126 e. The highest BCUT2D eigenvalue weighted by Gasteiger charge is 2.09. The summed E-state index contributed by atoms with van der Waals surface area (Å²) in [6, 6.07) is 3.79. The van der Waals surface area contributed by atoms with Gasteiger partial charge in [-0.05, 0) is 44.0 Å². The van der Waals surface area contributed by atoms with Crippen LogP contribution in [0, 0.1) is 23.5 Å². The fourth-order valence-corrected chi connectivity index (χ4v) is 1.80. The Bertz CT molecular complexity index is 412. The highest BCUT2D eigenvalue weighted by Crippen LogP contribution is 2.11. The Morgan fingerprint density at radius 1 is 1.22 bits per heavy atom. The summed E-state index contributed by atoms with van der Waals surface area (Å²) < 4.78 is 26.2. The van der Waals surface area contributed by atoms with Crippen LogP contribution in [0.2, 0.25) is 0 Å². The zero-order valence-corrected chi connectivity index (χ0v) is 10.9. The first-order chi connectivity index (χ1) is 8.65. The molecule has 0 aromatic heterocycles. The minimum Gasteiger partial charge on any atom is -0.313 e. The van der Waals surface area contributed by atoms with Gasteiger partial charge in [-0.2, -0.15) is 0 Å². The molecular formula is C15H19F2N. The minimum absolute atomic E-state index is 0.138. The molecule has 0 bridgehead atoms. The number of rotatable bonds is 6. The number of hydrogen-bond acceptors (Lipinski definition) is 1. The highest BCUT2D eigenvalue weighted by molar-refractivity contribution is 5.19. The summed E-state index contributed by atoms with van der Waals surface area (Å²) >= 11 is 0. The Morgan fingerprint density at radius 2 is 1.89 bits per heavy atom. The molecule has 0 aliphatic rings. The van der Waals surface area contributed by atoms with Crippen molar-refractivity contribution in [2.24, 2.45) is 0 Å². The van der Waals surface area contributed by atoms with Gasteiger partial charge in [0.25, 0.3) is 0 Å². The lowest BCUT2D eigenvalue weighted by Crippen LogP contribution is -2.31. The van der Waals surface area contributed by atoms with Gasteiger partial charge in [-0.25, -0.2) is 8.78 Å². The van der Waals surface area contributed by atoms with E-state index >= 15 is 0 Å². The van der Waals surface area contributed by atoms with Crippen LogP contribution in [0.25, 0.3) is 0 Å². The normalized spacial score (nSPS) is 11.8. The molecule has 1 atom stereocenters. The van der Waals surface area contributed by atoms with Crippen LogP contribution in [0.15, 0.2) is 18.2 Å². The van der Waals surface area contributed by atoms with Gasteiger partial charge < -0.3 is 5.32 Å². The summed E-state index contributed by atoms with van der Waals surface area (Å²) in [6.45, 7) is 4.75. The molecule has 1 unspecified atom stereocenters. The van der Waals surface area contributed by atoms with Gasteiger partial charge in [-0.3, -0.25) is 0 Å². The molecule has 3 heteroatoms. The molecule has 1 aromatic carbocycles. The average molecular weight is 251 g/mol. The third-order valence-corrected chi connectivity index (χ3v) is 2.61. The van der Waals surface area contributed by atoms with Crippen molar-refractivity contribution in [3.8, 4) is 11.8 Å². The Labute approximate surface area is 108 Å². The van der Waals surface area contributed by atoms with E-state index in [4.69, 9.17) is 0 Å². The fraction of sp³-hybridized carbons (Fsp3) is 0.467. The van der Waals surface area contributed by atoms with E-state index in [1.54, 1.807) is 6.92 Å². The maximum Gasteiger partial charge on any atom is 0.126 e. The van der Waals surface area contributed by atoms with E-state index in [0.29, 0.717) is 18.4 Å². The van der Waals surface area contributed by atoms with E-state index in [9.17, 15) is 8.78 Å². The molecule has 98 valence electrons. The molecule has 0 spiro atoms. The van der Waals surface area contributed by atoms with Gasteiger partial charge in [0, 0.05) is 18.5 Å². The molecule has 0 aliphatic heterocycles. The van der Waals surface area contributed by atoms with Crippen LogP contribution in [-0.4, -0.2) is 12.6 Å². The zero-order chi connectivity index (χ0) is 13.4. The SMILES string of the molecule is CC#CCC(Cc1cc(F)cc(F)c1)NCCC. The van der Waals surface area contributed by atoms with Gasteiger partial charge in [-0.15, -0.1) is 11.8 Å². The molecule has 18 heavy (non-hydrogen) atoms. The maximum atomic E-state index is 13.1. The lowest BCUT2D eigenvalue weighted by molar-refractivity contribution is 0.511. The first kappa shape index (κ1) is 14.7. The molecule has 0 saturated carbocycles. The largest absolute Gasteiger partial charge is 0.313 e. The van der Waals surface area contributed by atoms with Crippen molar-refractivity contribution in [3.05, 3.63) is 35.4 Å². The topological polar surface area (TPSA) is 12.0 Å². The quantitative estimate of drug-likeness (QED) is 0.765. The van der Waals surface area contributed by atoms with Crippen LogP contribution in [0.5, 0.6) is 0 Å². The summed E-state index contributed by atoms with van der Waals surface area (Å²) in [5.74, 6) is 4.80. The van der Waals surface area contributed by atoms with E-state index in [-0.39, 0.29) is 6.04 Å². The van der Waals surface area contributed by atoms with Crippen molar-refractivity contribution in [2.45, 2.75) is 39.2 Å². The second-order valence-electron chi connectivity index (χ2n) is 4.26. The first-order valence-corrected chi connectivity index (χ1v) is 6.23. The molecule has 1 aromatic rings. The van der Waals surface area contributed by atoms with E-state index in [0.717, 1.165) is 19.0 Å². The minimum atomic E-state index is -0.527. The number of benzene rings is 1. The molecule has 0 amide bonds. The summed E-state index contributed by atoms with van der Waals surface area (Å²) in [6.07, 6.45) is 2.30. The molecule has 0 radical (unpaired) electrons. The third-order valence-electron chi connectivity index (χ3n) is 2.61. The van der Waals surface area contributed by atoms with Gasteiger partial charge in [0.15, 0.2) is 0 Å². The standard InChI is InChI=1S/C15H19F2N/c1-3-5-6-15(18-7-4-2)10-12-8-13(16)11-14(17)9-12/h8-9,11,15,18H,4,6-7,10H2,1-2H3. The lowest BCUT2D eigenvalue weighted by atomic mass is 10.0. The first-order valence-electron chi connectivity index (χ1n) is 6.23. The summed E-state index contributed by atoms with van der Waals surface area (Å²) in [5.41, 5.74) is 0.666. The molecule has 0 fully saturated rings. The van der Waals surface area contributed by atoms with Gasteiger partial charge in [0.05, 0.1) is 0 Å². The van der Waals surface area contributed by atoms with E-state index in [2.05, 4.69) is 24.1 Å². The Hall–Kier alpha value is -1.40. The zero-order valence-electron chi connectivity index (χ0n) is 10.9. The fourth-order valence-electron chi connectivity index (χ4n) is 1.80. The van der Waals surface area contributed by atoms with E-state index in [1.807, 2.05) is 0 Å². The summed E-state index contributed by atoms with van der Waals surface area (Å²) in [7, 11) is 0. The van der Waals surface area contributed by atoms with Crippen LogP contribution in [0.1, 0.15) is 32.3 Å². The Kier molecular flexibility index (Phi) is 6.38. The van der Waals surface area contributed by atoms with E-state index in [1.165, 1.54) is 12.1 Å². The molecule has 0 saturated heterocycles. The number of halogens is 2. The van der Waals surface area contributed by atoms with Gasteiger partial charge >= 0.3 is 0 Å². The second-order valence-corrected chi connectivity index (χ2v) is 4.26. The van der Waals surface area contributed by atoms with Gasteiger partial charge in [0.2, 0.25) is 0 Å². The lowest BCUT2D eigenvalue weighted by Gasteiger charge is -2.16. The van der Waals surface area contributed by atoms with Crippen molar-refractivity contribution in [1.29, 1.82) is 0 Å². The molecular weight excluding hydrogens is 232 g/mol. The molecule has 1 rings (SSSR count). The van der Waals surface area contributed by atoms with Crippen molar-refractivity contribution in [1.82, 2.24) is 5.32 Å². The monoisotopic (exact) mass is 251 g/mol. The summed E-state index contributed by atoms with van der Waals surface area (Å²) in [5, 5.41) is 3.34. The van der Waals surface area contributed by atoms with Crippen molar-refractivity contribution < 1.29 is 8.78 Å². The Morgan fingerprint density at radius 3 is 2.44 bits per heavy atom. The maximum absolute atomic E-state index is 13.1. The van der Waals surface area contributed by atoms with Crippen LogP contribution < -0.4 is 5.32 Å². The van der Waals surface area contributed by atoms with Crippen LogP contribution >= 0.6 is 0 Å². The van der Waals surface area contributed by atoms with Crippen LogP contribution in [0.3, 0.4) is 0 Å². The van der Waals surface area contributed by atoms with Gasteiger partial charge in [0.1, 0.15) is 11.6 Å². The van der Waals surface area contributed by atoms with Crippen molar-refractivity contribution >= 4 is 0 Å². The predicted octanol–water partition coefficient (Wildman–Crippen LogP) is 3.29. The molecule has 0 aliphatic carbocycles. The average Bonchev–Trinajstić information content (AvgIpc) is 2.31. The van der Waals surface area contributed by atoms with Gasteiger partial charge in [-0.1, -0.05) is 6.92 Å². The second kappa shape index (κ2) is 7.84. The van der Waals surface area contributed by atoms with Crippen LogP contribution in [-0.2, 0) is 6.42 Å². The van der Waals surface area contributed by atoms with Crippen LogP contribution in [0.4, 0.5) is 8.78 Å². The third kappa shape index (κ3) is 5.29. The predicted molar refractivity (Wildman–Crippen MR) is 70.2 cm³/mol. The molecule has 1 N–H and O–H groups in total. The highest BCUT2D eigenvalue weighted by atomic mass is 19.1. The number of nitrogens with one attached hydrogen (secondary N) is 1. The van der Waals surface area contributed by atoms with Crippen molar-refractivity contribution in [2.75, 3.05) is 6.54 Å². The number of hydrogen-bond donors (Lipinski definition) is 1. The summed E-state index contributed by atoms with van der Waals surface area (Å²) in [4.78, 5) is 0. The molecule has 1 nitrogen and oxygen atoms in total. The van der Waals surface area contributed by atoms with E-state index < -0.39 is 11.6 Å². The molecule has 0 heterocycles.